The van der Waals surface area contributed by atoms with Crippen LogP contribution >= 0.6 is 0 Å². The van der Waals surface area contributed by atoms with Gasteiger partial charge in [-0.25, -0.2) is 13.4 Å². The normalized spacial score (nSPS) is 19.9. The lowest BCUT2D eigenvalue weighted by Gasteiger charge is -2.23. The molecule has 128 valence electrons. The van der Waals surface area contributed by atoms with Crippen molar-refractivity contribution in [2.24, 2.45) is 10.7 Å². The minimum absolute atomic E-state index is 0.317. The zero-order valence-corrected chi connectivity index (χ0v) is 14.6. The lowest BCUT2D eigenvalue weighted by Crippen LogP contribution is -2.42. The Morgan fingerprint density at radius 2 is 2.09 bits per heavy atom. The van der Waals surface area contributed by atoms with E-state index in [-0.39, 0.29) is 0 Å². The zero-order valence-electron chi connectivity index (χ0n) is 13.8. The van der Waals surface area contributed by atoms with E-state index in [1.165, 1.54) is 19.1 Å². The second-order valence-corrected chi connectivity index (χ2v) is 7.94. The third-order valence-corrected chi connectivity index (χ3v) is 5.34. The molecule has 0 aromatic heterocycles. The van der Waals surface area contributed by atoms with E-state index in [1.54, 1.807) is 24.3 Å². The van der Waals surface area contributed by atoms with Crippen molar-refractivity contribution in [1.82, 2.24) is 10.2 Å². The number of benzene rings is 1. The van der Waals surface area contributed by atoms with E-state index in [1.807, 2.05) is 0 Å². The number of hydrogen-bond acceptors (Lipinski definition) is 4. The predicted octanol–water partition coefficient (Wildman–Crippen LogP) is 0.979. The van der Waals surface area contributed by atoms with E-state index in [2.05, 4.69) is 22.1 Å². The number of likely N-dealkylation sites (tertiary alicyclic amines) is 1. The van der Waals surface area contributed by atoms with Crippen LogP contribution in [-0.4, -0.2) is 51.2 Å². The zero-order chi connectivity index (χ0) is 16.9. The fraction of sp³-hybridized carbons (Fsp3) is 0.562. The molecule has 1 atom stereocenters. The number of likely N-dealkylation sites (N-methyl/N-ethyl adjacent to an activating group) is 1. The van der Waals surface area contributed by atoms with Crippen LogP contribution in [-0.2, 0) is 16.4 Å². The molecule has 6 nitrogen and oxygen atoms in total. The standard InChI is InChI=1S/C16H26N4O2S/c1-3-20-10-4-5-14(20)12-19-16(17)18-11-13-6-8-15(9-7-13)23(2,21)22/h6-9,14H,3-5,10-12H2,1-2H3,(H3,17,18,19). The molecular formula is C16H26N4O2S. The lowest BCUT2D eigenvalue weighted by molar-refractivity contribution is 0.267. The Morgan fingerprint density at radius 1 is 1.39 bits per heavy atom. The van der Waals surface area contributed by atoms with Crippen molar-refractivity contribution in [3.63, 3.8) is 0 Å². The Hall–Kier alpha value is -1.60. The average molecular weight is 338 g/mol. The molecule has 0 radical (unpaired) electrons. The molecule has 1 heterocycles. The van der Waals surface area contributed by atoms with Crippen LogP contribution < -0.4 is 11.1 Å². The topological polar surface area (TPSA) is 87.8 Å². The minimum Gasteiger partial charge on any atom is -0.370 e. The molecule has 7 heteroatoms. The highest BCUT2D eigenvalue weighted by atomic mass is 32.2. The molecule has 3 N–H and O–H groups in total. The first kappa shape index (κ1) is 17.7. The third kappa shape index (κ3) is 5.21. The second-order valence-electron chi connectivity index (χ2n) is 5.92. The molecule has 0 spiro atoms. The van der Waals surface area contributed by atoms with Gasteiger partial charge in [0.15, 0.2) is 15.8 Å². The van der Waals surface area contributed by atoms with Gasteiger partial charge in [0.25, 0.3) is 0 Å². The molecule has 2 rings (SSSR count). The van der Waals surface area contributed by atoms with Gasteiger partial charge in [-0.05, 0) is 43.6 Å². The highest BCUT2D eigenvalue weighted by Gasteiger charge is 2.22. The second kappa shape index (κ2) is 7.79. The Balaban J connectivity index is 1.84. The molecule has 1 unspecified atom stereocenters. The molecule has 0 aliphatic carbocycles. The molecule has 0 bridgehead atoms. The Kier molecular flexibility index (Phi) is 6.01. The summed E-state index contributed by atoms with van der Waals surface area (Å²) in [6.07, 6.45) is 3.63. The largest absolute Gasteiger partial charge is 0.370 e. The van der Waals surface area contributed by atoms with Crippen molar-refractivity contribution in [2.75, 3.05) is 25.9 Å². The molecular weight excluding hydrogens is 312 g/mol. The summed E-state index contributed by atoms with van der Waals surface area (Å²) in [4.78, 5) is 7.08. The van der Waals surface area contributed by atoms with Gasteiger partial charge in [0.2, 0.25) is 0 Å². The number of aliphatic imine (C=N–C) groups is 1. The highest BCUT2D eigenvalue weighted by Crippen LogP contribution is 2.15. The van der Waals surface area contributed by atoms with Gasteiger partial charge in [-0.1, -0.05) is 19.1 Å². The Labute approximate surface area is 138 Å². The maximum Gasteiger partial charge on any atom is 0.188 e. The number of hydrogen-bond donors (Lipinski definition) is 2. The third-order valence-electron chi connectivity index (χ3n) is 4.21. The van der Waals surface area contributed by atoms with E-state index < -0.39 is 9.84 Å². The summed E-state index contributed by atoms with van der Waals surface area (Å²) in [5, 5.41) is 3.18. The van der Waals surface area contributed by atoms with E-state index in [0.29, 0.717) is 23.4 Å². The molecule has 1 fully saturated rings. The van der Waals surface area contributed by atoms with E-state index in [0.717, 1.165) is 25.2 Å². The summed E-state index contributed by atoms with van der Waals surface area (Å²) in [6, 6.07) is 7.26. The smallest absolute Gasteiger partial charge is 0.188 e. The number of nitrogens with zero attached hydrogens (tertiary/aromatic N) is 2. The number of guanidine groups is 1. The summed E-state index contributed by atoms with van der Waals surface area (Å²) < 4.78 is 22.8. The highest BCUT2D eigenvalue weighted by molar-refractivity contribution is 7.90. The first-order valence-corrected chi connectivity index (χ1v) is 9.86. The number of sulfone groups is 1. The monoisotopic (exact) mass is 338 g/mol. The maximum atomic E-state index is 11.4. The molecule has 23 heavy (non-hydrogen) atoms. The molecule has 0 amide bonds. The Bertz CT molecular complexity index is 641. The van der Waals surface area contributed by atoms with Gasteiger partial charge >= 0.3 is 0 Å². The van der Waals surface area contributed by atoms with Crippen molar-refractivity contribution in [3.05, 3.63) is 29.8 Å². The summed E-state index contributed by atoms with van der Waals surface area (Å²) in [7, 11) is -3.15. The number of rotatable bonds is 6. The van der Waals surface area contributed by atoms with Crippen LogP contribution in [0.2, 0.25) is 0 Å². The first-order chi connectivity index (χ1) is 10.9. The van der Waals surface area contributed by atoms with E-state index in [9.17, 15) is 8.42 Å². The van der Waals surface area contributed by atoms with Crippen molar-refractivity contribution >= 4 is 15.8 Å². The Morgan fingerprint density at radius 3 is 2.70 bits per heavy atom. The molecule has 1 aromatic carbocycles. The van der Waals surface area contributed by atoms with Crippen LogP contribution in [0.5, 0.6) is 0 Å². The van der Waals surface area contributed by atoms with Crippen LogP contribution in [0.3, 0.4) is 0 Å². The van der Waals surface area contributed by atoms with Gasteiger partial charge < -0.3 is 11.1 Å². The van der Waals surface area contributed by atoms with Crippen molar-refractivity contribution in [2.45, 2.75) is 37.2 Å². The minimum atomic E-state index is -3.15. The predicted molar refractivity (Wildman–Crippen MR) is 93.1 cm³/mol. The van der Waals surface area contributed by atoms with Crippen LogP contribution in [0, 0.1) is 0 Å². The van der Waals surface area contributed by atoms with E-state index in [4.69, 9.17) is 5.73 Å². The van der Waals surface area contributed by atoms with Gasteiger partial charge in [0.1, 0.15) is 0 Å². The van der Waals surface area contributed by atoms with E-state index >= 15 is 0 Å². The molecule has 1 aliphatic rings. The van der Waals surface area contributed by atoms with Crippen LogP contribution in [0.15, 0.2) is 34.2 Å². The average Bonchev–Trinajstić information content (AvgIpc) is 2.98. The number of nitrogens with two attached hydrogens (primary N) is 1. The lowest BCUT2D eigenvalue weighted by atomic mass is 10.2. The van der Waals surface area contributed by atoms with Gasteiger partial charge in [0, 0.05) is 18.8 Å². The van der Waals surface area contributed by atoms with Crippen molar-refractivity contribution in [1.29, 1.82) is 0 Å². The molecule has 1 aromatic rings. The maximum absolute atomic E-state index is 11.4. The summed E-state index contributed by atoms with van der Waals surface area (Å²) in [6.45, 7) is 5.65. The van der Waals surface area contributed by atoms with Crippen LogP contribution in [0.1, 0.15) is 25.3 Å². The SMILES string of the molecule is CCN1CCCC1CNC(N)=NCc1ccc(S(C)(=O)=O)cc1. The summed E-state index contributed by atoms with van der Waals surface area (Å²) >= 11 is 0. The summed E-state index contributed by atoms with van der Waals surface area (Å²) in [5.41, 5.74) is 6.84. The fourth-order valence-corrected chi connectivity index (χ4v) is 3.47. The molecule has 1 aliphatic heterocycles. The fourth-order valence-electron chi connectivity index (χ4n) is 2.84. The van der Waals surface area contributed by atoms with Gasteiger partial charge in [-0.15, -0.1) is 0 Å². The number of nitrogens with one attached hydrogen (secondary N) is 1. The molecule has 0 saturated carbocycles. The summed E-state index contributed by atoms with van der Waals surface area (Å²) in [5.74, 6) is 0.431. The van der Waals surface area contributed by atoms with Gasteiger partial charge in [-0.2, -0.15) is 0 Å². The molecule has 1 saturated heterocycles. The van der Waals surface area contributed by atoms with Crippen LogP contribution in [0.25, 0.3) is 0 Å². The van der Waals surface area contributed by atoms with Crippen molar-refractivity contribution in [3.8, 4) is 0 Å². The quantitative estimate of drug-likeness (QED) is 0.596. The van der Waals surface area contributed by atoms with Gasteiger partial charge in [-0.3, -0.25) is 4.90 Å². The van der Waals surface area contributed by atoms with Crippen molar-refractivity contribution < 1.29 is 8.42 Å². The van der Waals surface area contributed by atoms with Gasteiger partial charge in [0.05, 0.1) is 11.4 Å². The van der Waals surface area contributed by atoms with Crippen LogP contribution in [0.4, 0.5) is 0 Å². The first-order valence-electron chi connectivity index (χ1n) is 7.97.